The predicted molar refractivity (Wildman–Crippen MR) is 122 cm³/mol. The molecule has 0 fully saturated rings. The van der Waals surface area contributed by atoms with Gasteiger partial charge in [0.15, 0.2) is 11.6 Å². The van der Waals surface area contributed by atoms with Gasteiger partial charge in [0.2, 0.25) is 0 Å². The highest BCUT2D eigenvalue weighted by Gasteiger charge is 2.20. The summed E-state index contributed by atoms with van der Waals surface area (Å²) in [5, 5.41) is 10.7. The van der Waals surface area contributed by atoms with E-state index in [2.05, 4.69) is 4.98 Å². The molecule has 2 aromatic heterocycles. The van der Waals surface area contributed by atoms with Crippen LogP contribution in [0.1, 0.15) is 28.3 Å². The zero-order chi connectivity index (χ0) is 23.9. The standard InChI is InChI=1S/C22H16ClFN2O6S/c1-10(11-3-6-17(31-2)14(24)7-11)32-12-4-5-13(23)16(8-12)26-20(27)18-15(25-22(26)30)9-33-19(18)21(28)29/h3-10H,1-2H3,(H,25,30)(H,28,29). The lowest BCUT2D eigenvalue weighted by Gasteiger charge is -2.17. The minimum absolute atomic E-state index is 0.0120. The summed E-state index contributed by atoms with van der Waals surface area (Å²) in [7, 11) is 1.36. The van der Waals surface area contributed by atoms with Crippen molar-refractivity contribution in [3.63, 3.8) is 0 Å². The molecule has 0 aliphatic heterocycles. The molecule has 33 heavy (non-hydrogen) atoms. The molecule has 4 aromatic rings. The number of hydrogen-bond acceptors (Lipinski definition) is 6. The SMILES string of the molecule is COc1ccc(C(C)Oc2ccc(Cl)c(-n3c(=O)[nH]c4csc(C(=O)O)c4c3=O)c2)cc1F. The first kappa shape index (κ1) is 22.6. The summed E-state index contributed by atoms with van der Waals surface area (Å²) in [5.74, 6) is -1.47. The first-order valence-corrected chi connectivity index (χ1v) is 10.8. The van der Waals surface area contributed by atoms with Gasteiger partial charge in [-0.05, 0) is 36.8 Å². The molecule has 170 valence electrons. The number of carboxylic acids is 1. The molecule has 0 aliphatic carbocycles. The Labute approximate surface area is 194 Å². The molecule has 2 heterocycles. The Morgan fingerprint density at radius 1 is 1.24 bits per heavy atom. The van der Waals surface area contributed by atoms with Gasteiger partial charge in [-0.3, -0.25) is 4.79 Å². The summed E-state index contributed by atoms with van der Waals surface area (Å²) in [5.41, 5.74) is -0.936. The van der Waals surface area contributed by atoms with Gasteiger partial charge in [-0.2, -0.15) is 0 Å². The van der Waals surface area contributed by atoms with Gasteiger partial charge in [0.25, 0.3) is 5.56 Å². The number of carbonyl (C=O) groups is 1. The van der Waals surface area contributed by atoms with Crippen molar-refractivity contribution in [2.45, 2.75) is 13.0 Å². The number of H-pyrrole nitrogens is 1. The van der Waals surface area contributed by atoms with Gasteiger partial charge in [0.1, 0.15) is 16.7 Å². The van der Waals surface area contributed by atoms with Crippen LogP contribution in [0.2, 0.25) is 5.02 Å². The normalized spacial score (nSPS) is 12.0. The Balaban J connectivity index is 1.77. The first-order valence-electron chi connectivity index (χ1n) is 9.51. The lowest BCUT2D eigenvalue weighted by Crippen LogP contribution is -2.34. The number of hydrogen-bond donors (Lipinski definition) is 2. The van der Waals surface area contributed by atoms with E-state index in [1.807, 2.05) is 0 Å². The van der Waals surface area contributed by atoms with Crippen molar-refractivity contribution in [2.75, 3.05) is 7.11 Å². The fraction of sp³-hybridized carbons (Fsp3) is 0.136. The highest BCUT2D eigenvalue weighted by molar-refractivity contribution is 7.13. The van der Waals surface area contributed by atoms with Gasteiger partial charge in [-0.15, -0.1) is 11.3 Å². The highest BCUT2D eigenvalue weighted by Crippen LogP contribution is 2.30. The van der Waals surface area contributed by atoms with E-state index in [0.29, 0.717) is 5.56 Å². The van der Waals surface area contributed by atoms with Crippen LogP contribution in [0.5, 0.6) is 11.5 Å². The Bertz CT molecular complexity index is 1510. The third-order valence-corrected chi connectivity index (χ3v) is 6.25. The largest absolute Gasteiger partial charge is 0.494 e. The molecule has 2 N–H and O–H groups in total. The van der Waals surface area contributed by atoms with Crippen molar-refractivity contribution in [3.05, 3.63) is 83.9 Å². The predicted octanol–water partition coefficient (Wildman–Crippen LogP) is 4.38. The van der Waals surface area contributed by atoms with Crippen molar-refractivity contribution in [2.24, 2.45) is 0 Å². The number of aromatic amines is 1. The molecular formula is C22H16ClFN2O6S. The molecule has 0 saturated carbocycles. The number of aromatic carboxylic acids is 1. The molecule has 0 amide bonds. The summed E-state index contributed by atoms with van der Waals surface area (Å²) >= 11 is 7.10. The monoisotopic (exact) mass is 490 g/mol. The van der Waals surface area contributed by atoms with Crippen LogP contribution < -0.4 is 20.7 Å². The number of ether oxygens (including phenoxy) is 2. The molecule has 0 aliphatic rings. The zero-order valence-corrected chi connectivity index (χ0v) is 18.8. The summed E-state index contributed by atoms with van der Waals surface area (Å²) in [6.45, 7) is 1.70. The maximum absolute atomic E-state index is 14.1. The second-order valence-corrected chi connectivity index (χ2v) is 8.28. The zero-order valence-electron chi connectivity index (χ0n) is 17.2. The van der Waals surface area contributed by atoms with E-state index < -0.39 is 29.1 Å². The summed E-state index contributed by atoms with van der Waals surface area (Å²) < 4.78 is 25.6. The van der Waals surface area contributed by atoms with Crippen LogP contribution in [-0.2, 0) is 0 Å². The number of halogens is 2. The maximum Gasteiger partial charge on any atom is 0.346 e. The number of benzene rings is 2. The molecule has 0 spiro atoms. The average Bonchev–Trinajstić information content (AvgIpc) is 3.20. The molecule has 1 atom stereocenters. The van der Waals surface area contributed by atoms with Crippen LogP contribution in [0.4, 0.5) is 4.39 Å². The van der Waals surface area contributed by atoms with Crippen molar-refractivity contribution in [3.8, 4) is 17.2 Å². The van der Waals surface area contributed by atoms with E-state index in [0.717, 1.165) is 15.9 Å². The van der Waals surface area contributed by atoms with E-state index in [9.17, 15) is 23.9 Å². The van der Waals surface area contributed by atoms with Crippen LogP contribution in [0.25, 0.3) is 16.6 Å². The number of nitrogens with zero attached hydrogens (tertiary/aromatic N) is 1. The Morgan fingerprint density at radius 2 is 2.00 bits per heavy atom. The van der Waals surface area contributed by atoms with Gasteiger partial charge >= 0.3 is 11.7 Å². The average molecular weight is 491 g/mol. The van der Waals surface area contributed by atoms with Gasteiger partial charge in [-0.1, -0.05) is 17.7 Å². The van der Waals surface area contributed by atoms with Crippen LogP contribution in [0.3, 0.4) is 0 Å². The first-order chi connectivity index (χ1) is 15.7. The van der Waals surface area contributed by atoms with Crippen LogP contribution >= 0.6 is 22.9 Å². The van der Waals surface area contributed by atoms with E-state index >= 15 is 0 Å². The number of carboxylic acid groups (broad SMARTS) is 1. The van der Waals surface area contributed by atoms with Crippen molar-refractivity contribution in [1.29, 1.82) is 0 Å². The van der Waals surface area contributed by atoms with Crippen LogP contribution in [0, 0.1) is 5.82 Å². The van der Waals surface area contributed by atoms with E-state index in [-0.39, 0.29) is 38.0 Å². The van der Waals surface area contributed by atoms with Crippen molar-refractivity contribution >= 4 is 39.8 Å². The molecule has 8 nitrogen and oxygen atoms in total. The third kappa shape index (κ3) is 4.10. The third-order valence-electron chi connectivity index (χ3n) is 4.96. The minimum Gasteiger partial charge on any atom is -0.494 e. The van der Waals surface area contributed by atoms with E-state index in [1.165, 1.54) is 42.8 Å². The molecule has 4 rings (SSSR count). The van der Waals surface area contributed by atoms with E-state index in [1.54, 1.807) is 13.0 Å². The molecule has 0 bridgehead atoms. The Morgan fingerprint density at radius 3 is 2.67 bits per heavy atom. The summed E-state index contributed by atoms with van der Waals surface area (Å²) in [6.07, 6.45) is -0.590. The summed E-state index contributed by atoms with van der Waals surface area (Å²) in [6, 6.07) is 8.77. The topological polar surface area (TPSA) is 111 Å². The van der Waals surface area contributed by atoms with E-state index in [4.69, 9.17) is 21.1 Å². The second-order valence-electron chi connectivity index (χ2n) is 7.00. The number of aromatic nitrogens is 2. The summed E-state index contributed by atoms with van der Waals surface area (Å²) in [4.78, 5) is 39.5. The Hall–Kier alpha value is -3.63. The molecule has 1 unspecified atom stereocenters. The van der Waals surface area contributed by atoms with Gasteiger partial charge in [0, 0.05) is 11.4 Å². The van der Waals surface area contributed by atoms with Gasteiger partial charge in [-0.25, -0.2) is 18.5 Å². The fourth-order valence-corrected chi connectivity index (χ4v) is 4.39. The number of methoxy groups -OCH3 is 1. The number of thiophene rings is 1. The fourth-order valence-electron chi connectivity index (χ4n) is 3.36. The maximum atomic E-state index is 14.1. The van der Waals surface area contributed by atoms with Crippen molar-refractivity contribution < 1.29 is 23.8 Å². The lowest BCUT2D eigenvalue weighted by atomic mass is 10.1. The number of fused-ring (bicyclic) bond motifs is 1. The van der Waals surface area contributed by atoms with Gasteiger partial charge < -0.3 is 19.6 Å². The number of rotatable bonds is 6. The highest BCUT2D eigenvalue weighted by atomic mass is 35.5. The quantitative estimate of drug-likeness (QED) is 0.415. The number of nitrogens with one attached hydrogen (secondary N) is 1. The molecule has 11 heteroatoms. The van der Waals surface area contributed by atoms with Gasteiger partial charge in [0.05, 0.1) is 28.7 Å². The lowest BCUT2D eigenvalue weighted by molar-refractivity contribution is 0.0704. The minimum atomic E-state index is -1.28. The molecule has 0 radical (unpaired) electrons. The smallest absolute Gasteiger partial charge is 0.346 e. The van der Waals surface area contributed by atoms with Crippen LogP contribution in [-0.4, -0.2) is 27.7 Å². The van der Waals surface area contributed by atoms with Crippen molar-refractivity contribution in [1.82, 2.24) is 9.55 Å². The molecular weight excluding hydrogens is 475 g/mol. The molecule has 0 saturated heterocycles. The Kier molecular flexibility index (Phi) is 5.96. The molecule has 2 aromatic carbocycles. The second kappa shape index (κ2) is 8.72. The van der Waals surface area contributed by atoms with Crippen LogP contribution in [0.15, 0.2) is 51.4 Å².